The number of anilines is 1. The summed E-state index contributed by atoms with van der Waals surface area (Å²) in [5, 5.41) is 13.1. The number of carbonyl (C=O) groups excluding carboxylic acids is 1. The van der Waals surface area contributed by atoms with Crippen LogP contribution in [0.25, 0.3) is 0 Å². The van der Waals surface area contributed by atoms with Crippen molar-refractivity contribution in [3.63, 3.8) is 0 Å². The molecule has 1 N–H and O–H groups in total. The molecule has 0 saturated carbocycles. The van der Waals surface area contributed by atoms with E-state index in [2.05, 4.69) is 5.32 Å². The van der Waals surface area contributed by atoms with Gasteiger partial charge < -0.3 is 5.32 Å². The van der Waals surface area contributed by atoms with Crippen LogP contribution in [0.2, 0.25) is 0 Å². The SMILES string of the molecule is O=C(Nc1ccccc1)c1ccc([N+](=O)[O-])s1. The molecule has 0 atom stereocenters. The fourth-order valence-electron chi connectivity index (χ4n) is 1.26. The molecule has 0 radical (unpaired) electrons. The van der Waals surface area contributed by atoms with Crippen molar-refractivity contribution in [1.82, 2.24) is 0 Å². The molecule has 0 saturated heterocycles. The largest absolute Gasteiger partial charge is 0.324 e. The molecule has 1 aromatic carbocycles. The quantitative estimate of drug-likeness (QED) is 0.670. The Morgan fingerprint density at radius 2 is 1.88 bits per heavy atom. The summed E-state index contributed by atoms with van der Waals surface area (Å²) < 4.78 is 0. The van der Waals surface area contributed by atoms with Crippen LogP contribution in [0, 0.1) is 10.1 Å². The maximum absolute atomic E-state index is 11.7. The highest BCUT2D eigenvalue weighted by molar-refractivity contribution is 7.17. The van der Waals surface area contributed by atoms with Crippen LogP contribution in [-0.2, 0) is 0 Å². The molecule has 2 aromatic rings. The predicted octanol–water partition coefficient (Wildman–Crippen LogP) is 2.91. The molecule has 2 rings (SSSR count). The topological polar surface area (TPSA) is 72.2 Å². The maximum Gasteiger partial charge on any atom is 0.324 e. The van der Waals surface area contributed by atoms with Gasteiger partial charge in [-0.2, -0.15) is 0 Å². The second-order valence-corrected chi connectivity index (χ2v) is 4.28. The molecule has 1 amide bonds. The lowest BCUT2D eigenvalue weighted by Gasteiger charge is -2.01. The molecular weight excluding hydrogens is 240 g/mol. The lowest BCUT2D eigenvalue weighted by atomic mass is 10.3. The van der Waals surface area contributed by atoms with Gasteiger partial charge in [0.15, 0.2) is 0 Å². The Bertz CT molecular complexity index is 551. The molecule has 0 unspecified atom stereocenters. The number of hydrogen-bond donors (Lipinski definition) is 1. The molecule has 0 aliphatic carbocycles. The van der Waals surface area contributed by atoms with Gasteiger partial charge in [-0.3, -0.25) is 14.9 Å². The van der Waals surface area contributed by atoms with Crippen molar-refractivity contribution in [2.75, 3.05) is 5.32 Å². The van der Waals surface area contributed by atoms with Crippen molar-refractivity contribution in [2.24, 2.45) is 0 Å². The Morgan fingerprint density at radius 3 is 2.47 bits per heavy atom. The normalized spacial score (nSPS) is 9.88. The Morgan fingerprint density at radius 1 is 1.18 bits per heavy atom. The van der Waals surface area contributed by atoms with Gasteiger partial charge in [0.05, 0.1) is 9.80 Å². The highest BCUT2D eigenvalue weighted by Crippen LogP contribution is 2.24. The first kappa shape index (κ1) is 11.3. The van der Waals surface area contributed by atoms with E-state index in [-0.39, 0.29) is 10.9 Å². The van der Waals surface area contributed by atoms with Gasteiger partial charge in [0.2, 0.25) is 0 Å². The Balaban J connectivity index is 2.12. The summed E-state index contributed by atoms with van der Waals surface area (Å²) >= 11 is 0.857. The van der Waals surface area contributed by atoms with Crippen LogP contribution in [0.15, 0.2) is 42.5 Å². The van der Waals surface area contributed by atoms with E-state index < -0.39 is 4.92 Å². The summed E-state index contributed by atoms with van der Waals surface area (Å²) in [6.45, 7) is 0. The molecule has 1 heterocycles. The van der Waals surface area contributed by atoms with E-state index in [4.69, 9.17) is 0 Å². The molecular formula is C11H8N2O3S. The van der Waals surface area contributed by atoms with Gasteiger partial charge in [-0.25, -0.2) is 0 Å². The van der Waals surface area contributed by atoms with Crippen LogP contribution in [-0.4, -0.2) is 10.8 Å². The number of carbonyl (C=O) groups is 1. The Labute approximate surface area is 101 Å². The third-order valence-corrected chi connectivity index (χ3v) is 3.06. The van der Waals surface area contributed by atoms with Gasteiger partial charge >= 0.3 is 5.00 Å². The number of nitrogens with zero attached hydrogens (tertiary/aromatic N) is 1. The summed E-state index contributed by atoms with van der Waals surface area (Å²) in [5.74, 6) is -0.339. The lowest BCUT2D eigenvalue weighted by Crippen LogP contribution is -2.09. The van der Waals surface area contributed by atoms with E-state index in [0.717, 1.165) is 11.3 Å². The Kier molecular flexibility index (Phi) is 3.15. The second kappa shape index (κ2) is 4.75. The van der Waals surface area contributed by atoms with Crippen LogP contribution in [0.4, 0.5) is 10.7 Å². The third-order valence-electron chi connectivity index (χ3n) is 2.03. The summed E-state index contributed by atoms with van der Waals surface area (Å²) in [6.07, 6.45) is 0. The molecule has 0 aliphatic rings. The highest BCUT2D eigenvalue weighted by Gasteiger charge is 2.14. The van der Waals surface area contributed by atoms with Gasteiger partial charge in [0.25, 0.3) is 5.91 Å². The molecule has 0 bridgehead atoms. The van der Waals surface area contributed by atoms with Crippen LogP contribution < -0.4 is 5.32 Å². The van der Waals surface area contributed by atoms with Crippen molar-refractivity contribution >= 4 is 27.9 Å². The van der Waals surface area contributed by atoms with Gasteiger partial charge in [0, 0.05) is 11.8 Å². The van der Waals surface area contributed by atoms with E-state index in [1.165, 1.54) is 12.1 Å². The van der Waals surface area contributed by atoms with E-state index in [1.54, 1.807) is 24.3 Å². The maximum atomic E-state index is 11.7. The Hall–Kier alpha value is -2.21. The first-order chi connectivity index (χ1) is 8.16. The smallest absolute Gasteiger partial charge is 0.321 e. The number of amides is 1. The number of rotatable bonds is 3. The van der Waals surface area contributed by atoms with Crippen molar-refractivity contribution in [3.05, 3.63) is 57.5 Å². The fourth-order valence-corrected chi connectivity index (χ4v) is 1.98. The number of hydrogen-bond acceptors (Lipinski definition) is 4. The second-order valence-electron chi connectivity index (χ2n) is 3.22. The van der Waals surface area contributed by atoms with Crippen LogP contribution in [0.3, 0.4) is 0 Å². The van der Waals surface area contributed by atoms with Crippen LogP contribution in [0.5, 0.6) is 0 Å². The molecule has 6 heteroatoms. The molecule has 0 fully saturated rings. The zero-order chi connectivity index (χ0) is 12.3. The molecule has 17 heavy (non-hydrogen) atoms. The predicted molar refractivity (Wildman–Crippen MR) is 65.4 cm³/mol. The first-order valence-electron chi connectivity index (χ1n) is 4.77. The molecule has 0 aliphatic heterocycles. The summed E-state index contributed by atoms with van der Waals surface area (Å²) in [6, 6.07) is 11.7. The molecule has 1 aromatic heterocycles. The summed E-state index contributed by atoms with van der Waals surface area (Å²) in [5.41, 5.74) is 0.661. The lowest BCUT2D eigenvalue weighted by molar-refractivity contribution is -0.380. The van der Waals surface area contributed by atoms with Gasteiger partial charge in [-0.05, 0) is 18.2 Å². The van der Waals surface area contributed by atoms with Crippen LogP contribution >= 0.6 is 11.3 Å². The van der Waals surface area contributed by atoms with E-state index in [1.807, 2.05) is 6.07 Å². The van der Waals surface area contributed by atoms with Crippen LogP contribution in [0.1, 0.15) is 9.67 Å². The molecule has 86 valence electrons. The zero-order valence-electron chi connectivity index (χ0n) is 8.62. The minimum atomic E-state index is -0.510. The highest BCUT2D eigenvalue weighted by atomic mass is 32.1. The van der Waals surface area contributed by atoms with E-state index >= 15 is 0 Å². The number of nitro groups is 1. The fraction of sp³-hybridized carbons (Fsp3) is 0. The number of para-hydroxylation sites is 1. The van der Waals surface area contributed by atoms with Crippen molar-refractivity contribution in [2.45, 2.75) is 0 Å². The first-order valence-corrected chi connectivity index (χ1v) is 5.59. The van der Waals surface area contributed by atoms with E-state index in [0.29, 0.717) is 10.6 Å². The number of thiophene rings is 1. The standard InChI is InChI=1S/C11H8N2O3S/c14-11(12-8-4-2-1-3-5-8)9-6-7-10(17-9)13(15)16/h1-7H,(H,12,14). The molecule has 0 spiro atoms. The molecule has 5 nitrogen and oxygen atoms in total. The summed E-state index contributed by atoms with van der Waals surface area (Å²) in [7, 11) is 0. The minimum Gasteiger partial charge on any atom is -0.321 e. The monoisotopic (exact) mass is 248 g/mol. The van der Waals surface area contributed by atoms with Gasteiger partial charge in [0.1, 0.15) is 0 Å². The van der Waals surface area contributed by atoms with E-state index in [9.17, 15) is 14.9 Å². The van der Waals surface area contributed by atoms with Gasteiger partial charge in [-0.1, -0.05) is 29.5 Å². The third kappa shape index (κ3) is 2.67. The van der Waals surface area contributed by atoms with Gasteiger partial charge in [-0.15, -0.1) is 0 Å². The average Bonchev–Trinajstić information content (AvgIpc) is 2.79. The zero-order valence-corrected chi connectivity index (χ0v) is 9.44. The average molecular weight is 248 g/mol. The van der Waals surface area contributed by atoms with Crippen molar-refractivity contribution in [3.8, 4) is 0 Å². The van der Waals surface area contributed by atoms with Crippen molar-refractivity contribution in [1.29, 1.82) is 0 Å². The minimum absolute atomic E-state index is 0.0387. The number of nitrogens with one attached hydrogen (secondary N) is 1. The summed E-state index contributed by atoms with van der Waals surface area (Å²) in [4.78, 5) is 22.0. The van der Waals surface area contributed by atoms with Crippen molar-refractivity contribution < 1.29 is 9.72 Å². The number of benzene rings is 1.